The molecule has 170 valence electrons. The number of rotatable bonds is 6. The van der Waals surface area contributed by atoms with Crippen LogP contribution in [0.4, 0.5) is 10.5 Å². The normalized spacial score (nSPS) is 17.0. The van der Waals surface area contributed by atoms with E-state index in [4.69, 9.17) is 19.9 Å². The predicted octanol–water partition coefficient (Wildman–Crippen LogP) is 4.09. The average Bonchev–Trinajstić information content (AvgIpc) is 2.66. The second kappa shape index (κ2) is 12.1. The molecule has 0 aliphatic carbocycles. The number of piperidine rings is 1. The highest BCUT2D eigenvalue weighted by atomic mass is 127. The fraction of sp³-hybridized carbons (Fsp3) is 0.619. The molecule has 1 heterocycles. The van der Waals surface area contributed by atoms with Crippen molar-refractivity contribution in [3.05, 3.63) is 18.2 Å². The van der Waals surface area contributed by atoms with Crippen LogP contribution in [-0.2, 0) is 4.74 Å². The van der Waals surface area contributed by atoms with Gasteiger partial charge in [-0.2, -0.15) is 0 Å². The Bertz CT molecular complexity index is 721. The fourth-order valence-corrected chi connectivity index (χ4v) is 3.26. The Hall–Kier alpha value is -1.91. The Kier molecular flexibility index (Phi) is 10.5. The molecule has 1 amide bonds. The number of benzene rings is 1. The van der Waals surface area contributed by atoms with E-state index < -0.39 is 5.60 Å². The van der Waals surface area contributed by atoms with Gasteiger partial charge in [0, 0.05) is 31.4 Å². The van der Waals surface area contributed by atoms with Crippen molar-refractivity contribution in [2.24, 2.45) is 16.6 Å². The highest BCUT2D eigenvalue weighted by molar-refractivity contribution is 14.0. The number of hydrogen-bond acceptors (Lipinski definition) is 5. The molecule has 1 fully saturated rings. The first-order valence-electron chi connectivity index (χ1n) is 9.98. The number of amides is 1. The maximum atomic E-state index is 12.3. The van der Waals surface area contributed by atoms with Crippen molar-refractivity contribution < 1.29 is 19.0 Å². The summed E-state index contributed by atoms with van der Waals surface area (Å²) in [5, 5.41) is 3.07. The number of likely N-dealkylation sites (tertiary alicyclic amines) is 1. The van der Waals surface area contributed by atoms with Gasteiger partial charge in [0.05, 0.1) is 14.2 Å². The number of guanidine groups is 1. The van der Waals surface area contributed by atoms with Crippen LogP contribution in [-0.4, -0.2) is 56.4 Å². The van der Waals surface area contributed by atoms with Crippen molar-refractivity contribution in [2.75, 3.05) is 39.2 Å². The number of ether oxygens (including phenoxy) is 3. The monoisotopic (exact) mass is 534 g/mol. The first kappa shape index (κ1) is 26.1. The Balaban J connectivity index is 0.00000450. The summed E-state index contributed by atoms with van der Waals surface area (Å²) >= 11 is 0. The molecule has 0 spiro atoms. The van der Waals surface area contributed by atoms with Crippen molar-refractivity contribution in [3.63, 3.8) is 0 Å². The lowest BCUT2D eigenvalue weighted by Gasteiger charge is -2.34. The maximum absolute atomic E-state index is 12.3. The second-order valence-electron chi connectivity index (χ2n) is 8.19. The highest BCUT2D eigenvalue weighted by Gasteiger charge is 2.27. The summed E-state index contributed by atoms with van der Waals surface area (Å²) in [6, 6.07) is 5.46. The minimum atomic E-state index is -0.474. The van der Waals surface area contributed by atoms with E-state index in [1.807, 2.05) is 32.9 Å². The second-order valence-corrected chi connectivity index (χ2v) is 8.19. The molecule has 1 aliphatic heterocycles. The third-order valence-corrected chi connectivity index (χ3v) is 4.65. The molecular weight excluding hydrogens is 499 g/mol. The number of hydrogen-bond donors (Lipinski definition) is 2. The number of nitrogens with one attached hydrogen (secondary N) is 1. The number of nitrogens with two attached hydrogens (primary N) is 1. The molecule has 0 bridgehead atoms. The number of halogens is 1. The van der Waals surface area contributed by atoms with E-state index >= 15 is 0 Å². The number of anilines is 1. The van der Waals surface area contributed by atoms with Gasteiger partial charge >= 0.3 is 6.09 Å². The Morgan fingerprint density at radius 3 is 2.60 bits per heavy atom. The Morgan fingerprint density at radius 2 is 1.97 bits per heavy atom. The summed E-state index contributed by atoms with van der Waals surface area (Å²) in [5.74, 6) is 2.01. The topological polar surface area (TPSA) is 98.4 Å². The first-order chi connectivity index (χ1) is 13.7. The molecule has 1 aliphatic rings. The molecule has 3 N–H and O–H groups in total. The van der Waals surface area contributed by atoms with Gasteiger partial charge in [-0.25, -0.2) is 4.79 Å². The molecule has 1 unspecified atom stereocenters. The third-order valence-electron chi connectivity index (χ3n) is 4.65. The lowest BCUT2D eigenvalue weighted by molar-refractivity contribution is 0.0163. The fourth-order valence-electron chi connectivity index (χ4n) is 3.26. The third kappa shape index (κ3) is 8.45. The van der Waals surface area contributed by atoms with Crippen LogP contribution in [0, 0.1) is 5.92 Å². The van der Waals surface area contributed by atoms with E-state index in [1.165, 1.54) is 0 Å². The van der Waals surface area contributed by atoms with Crippen LogP contribution >= 0.6 is 24.0 Å². The molecule has 30 heavy (non-hydrogen) atoms. The molecule has 0 aromatic heterocycles. The van der Waals surface area contributed by atoms with Gasteiger partial charge in [-0.05, 0) is 58.1 Å². The van der Waals surface area contributed by atoms with Crippen LogP contribution in [0.5, 0.6) is 11.5 Å². The molecule has 0 saturated carbocycles. The molecule has 1 saturated heterocycles. The van der Waals surface area contributed by atoms with Crippen LogP contribution in [0.3, 0.4) is 0 Å². The van der Waals surface area contributed by atoms with Gasteiger partial charge in [0.1, 0.15) is 5.60 Å². The van der Waals surface area contributed by atoms with Crippen LogP contribution in [0.2, 0.25) is 0 Å². The largest absolute Gasteiger partial charge is 0.493 e. The minimum absolute atomic E-state index is 0. The zero-order valence-corrected chi connectivity index (χ0v) is 20.9. The molecule has 8 nitrogen and oxygen atoms in total. The van der Waals surface area contributed by atoms with Crippen molar-refractivity contribution >= 4 is 41.7 Å². The minimum Gasteiger partial charge on any atom is -0.493 e. The summed E-state index contributed by atoms with van der Waals surface area (Å²) in [7, 11) is 3.18. The van der Waals surface area contributed by atoms with E-state index in [9.17, 15) is 4.79 Å². The molecule has 2 rings (SSSR count). The van der Waals surface area contributed by atoms with Gasteiger partial charge in [-0.1, -0.05) is 0 Å². The van der Waals surface area contributed by atoms with E-state index in [-0.39, 0.29) is 30.1 Å². The molecule has 0 radical (unpaired) electrons. The standard InChI is InChI=1S/C21H34N4O4.HI/c1-21(2,3)29-20(26)25-12-6-7-15(14-25)10-11-23-19(22)24-16-8-9-17(27-4)18(13-16)28-5;/h8-9,13,15H,6-7,10-12,14H2,1-5H3,(H3,22,23,24);1H. The Morgan fingerprint density at radius 1 is 1.27 bits per heavy atom. The number of methoxy groups -OCH3 is 2. The van der Waals surface area contributed by atoms with Crippen LogP contribution in [0.15, 0.2) is 23.2 Å². The van der Waals surface area contributed by atoms with Crippen LogP contribution < -0.4 is 20.5 Å². The summed E-state index contributed by atoms with van der Waals surface area (Å²) in [5.41, 5.74) is 6.31. The van der Waals surface area contributed by atoms with E-state index in [0.29, 0.717) is 36.5 Å². The van der Waals surface area contributed by atoms with E-state index in [1.54, 1.807) is 25.2 Å². The predicted molar refractivity (Wildman–Crippen MR) is 130 cm³/mol. The van der Waals surface area contributed by atoms with Crippen molar-refractivity contribution in [1.82, 2.24) is 4.90 Å². The van der Waals surface area contributed by atoms with Gasteiger partial charge in [-0.3, -0.25) is 4.99 Å². The van der Waals surface area contributed by atoms with Gasteiger partial charge in [0.25, 0.3) is 0 Å². The summed E-state index contributed by atoms with van der Waals surface area (Å²) in [4.78, 5) is 18.5. The zero-order valence-electron chi connectivity index (χ0n) is 18.6. The van der Waals surface area contributed by atoms with E-state index in [0.717, 1.165) is 31.5 Å². The van der Waals surface area contributed by atoms with Gasteiger partial charge in [0.15, 0.2) is 17.5 Å². The number of carbonyl (C=O) groups excluding carboxylic acids is 1. The number of aliphatic imine (C=N–C) groups is 1. The smallest absolute Gasteiger partial charge is 0.410 e. The van der Waals surface area contributed by atoms with Crippen molar-refractivity contribution in [2.45, 2.75) is 45.6 Å². The summed E-state index contributed by atoms with van der Waals surface area (Å²) in [6.45, 7) is 7.70. The quantitative estimate of drug-likeness (QED) is 0.324. The molecule has 1 aromatic rings. The van der Waals surface area contributed by atoms with Gasteiger partial charge in [0.2, 0.25) is 0 Å². The molecule has 1 aromatic carbocycles. The molecule has 1 atom stereocenters. The molecule has 9 heteroatoms. The first-order valence-corrected chi connectivity index (χ1v) is 9.98. The van der Waals surface area contributed by atoms with E-state index in [2.05, 4.69) is 10.3 Å². The Labute approximate surface area is 196 Å². The SMILES string of the molecule is COc1ccc(NC(N)=NCCC2CCCN(C(=O)OC(C)(C)C)C2)cc1OC.I. The number of carbonyl (C=O) groups is 1. The van der Waals surface area contributed by atoms with Crippen LogP contribution in [0.25, 0.3) is 0 Å². The summed E-state index contributed by atoms with van der Waals surface area (Å²) in [6.07, 6.45) is 2.69. The summed E-state index contributed by atoms with van der Waals surface area (Å²) < 4.78 is 16.0. The van der Waals surface area contributed by atoms with Gasteiger partial charge in [-0.15, -0.1) is 24.0 Å². The number of nitrogens with zero attached hydrogens (tertiary/aromatic N) is 2. The van der Waals surface area contributed by atoms with Gasteiger partial charge < -0.3 is 30.2 Å². The lowest BCUT2D eigenvalue weighted by Crippen LogP contribution is -2.43. The van der Waals surface area contributed by atoms with Crippen molar-refractivity contribution in [1.29, 1.82) is 0 Å². The average molecular weight is 534 g/mol. The van der Waals surface area contributed by atoms with Crippen LogP contribution in [0.1, 0.15) is 40.0 Å². The molecular formula is C21H35IN4O4. The maximum Gasteiger partial charge on any atom is 0.410 e. The van der Waals surface area contributed by atoms with Crippen molar-refractivity contribution in [3.8, 4) is 11.5 Å². The lowest BCUT2D eigenvalue weighted by atomic mass is 9.95. The highest BCUT2D eigenvalue weighted by Crippen LogP contribution is 2.29. The zero-order chi connectivity index (χ0) is 21.4.